The molecule has 0 spiro atoms. The number of sulfone groups is 1. The SMILES string of the molecule is Cc1cc(C)c(C#N)c(S(=O)(=O)C(Br)(Br)Br)n1. The van der Waals surface area contributed by atoms with Gasteiger partial charge in [0.25, 0.3) is 0 Å². The number of rotatable bonds is 1. The second-order valence-corrected chi connectivity index (χ2v) is 13.7. The van der Waals surface area contributed by atoms with Crippen molar-refractivity contribution >= 4 is 57.6 Å². The summed E-state index contributed by atoms with van der Waals surface area (Å²) < 4.78 is 22.8. The van der Waals surface area contributed by atoms with Crippen LogP contribution >= 0.6 is 47.8 Å². The first-order valence-corrected chi connectivity index (χ1v) is 8.17. The molecule has 0 aliphatic carbocycles. The fourth-order valence-corrected chi connectivity index (χ4v) is 3.58. The smallest absolute Gasteiger partial charge is 0.240 e. The molecule has 0 aromatic carbocycles. The monoisotopic (exact) mass is 444 g/mol. The Morgan fingerprint density at radius 3 is 2.29 bits per heavy atom. The van der Waals surface area contributed by atoms with Gasteiger partial charge < -0.3 is 0 Å². The summed E-state index contributed by atoms with van der Waals surface area (Å²) in [5, 5.41) is 8.77. The molecule has 92 valence electrons. The molecule has 0 saturated carbocycles. The Morgan fingerprint density at radius 2 is 1.88 bits per heavy atom. The van der Waals surface area contributed by atoms with Gasteiger partial charge in [-0.05, 0) is 73.3 Å². The van der Waals surface area contributed by atoms with Gasteiger partial charge in [-0.1, -0.05) is 0 Å². The highest BCUT2D eigenvalue weighted by Gasteiger charge is 2.40. The largest absolute Gasteiger partial charge is 0.241 e. The van der Waals surface area contributed by atoms with Crippen LogP contribution in [0.4, 0.5) is 0 Å². The van der Waals surface area contributed by atoms with Gasteiger partial charge in [0.2, 0.25) is 11.3 Å². The van der Waals surface area contributed by atoms with Crippen LogP contribution in [0.15, 0.2) is 11.1 Å². The molecule has 4 nitrogen and oxygen atoms in total. The van der Waals surface area contributed by atoms with E-state index in [1.165, 1.54) is 0 Å². The first-order valence-electron chi connectivity index (χ1n) is 4.31. The van der Waals surface area contributed by atoms with Gasteiger partial charge >= 0.3 is 0 Å². The summed E-state index contributed by atoms with van der Waals surface area (Å²) in [7, 11) is -3.85. The zero-order valence-electron chi connectivity index (χ0n) is 8.83. The van der Waals surface area contributed by atoms with E-state index in [4.69, 9.17) is 5.26 Å². The third kappa shape index (κ3) is 2.89. The van der Waals surface area contributed by atoms with Crippen LogP contribution in [0.3, 0.4) is 0 Å². The summed E-state index contributed by atoms with van der Waals surface area (Å²) in [5.74, 6) is 0. The Kier molecular flexibility index (Phi) is 4.40. The zero-order chi connectivity index (χ0) is 13.4. The number of nitrogens with zero attached hydrogens (tertiary/aromatic N) is 2. The number of hydrogen-bond donors (Lipinski definition) is 0. The van der Waals surface area contributed by atoms with Crippen LogP contribution in [0.5, 0.6) is 0 Å². The first kappa shape index (κ1) is 15.1. The highest BCUT2D eigenvalue weighted by atomic mass is 80.0. The van der Waals surface area contributed by atoms with Gasteiger partial charge in [-0.3, -0.25) is 0 Å². The lowest BCUT2D eigenvalue weighted by Gasteiger charge is -2.15. The van der Waals surface area contributed by atoms with E-state index in [1.54, 1.807) is 19.9 Å². The number of aromatic nitrogens is 1. The van der Waals surface area contributed by atoms with E-state index >= 15 is 0 Å². The van der Waals surface area contributed by atoms with Gasteiger partial charge in [0.1, 0.15) is 6.07 Å². The number of aryl methyl sites for hydroxylation is 2. The lowest BCUT2D eigenvalue weighted by molar-refractivity contribution is 0.594. The fourth-order valence-electron chi connectivity index (χ4n) is 1.24. The molecule has 0 saturated heterocycles. The second-order valence-electron chi connectivity index (χ2n) is 3.32. The molecule has 0 aliphatic heterocycles. The van der Waals surface area contributed by atoms with E-state index < -0.39 is 11.3 Å². The molecule has 0 amide bonds. The van der Waals surface area contributed by atoms with E-state index in [0.717, 1.165) is 0 Å². The highest BCUT2D eigenvalue weighted by molar-refractivity contribution is 9.42. The third-order valence-corrected chi connectivity index (χ3v) is 7.23. The zero-order valence-corrected chi connectivity index (χ0v) is 14.4. The quantitative estimate of drug-likeness (QED) is 0.621. The minimum atomic E-state index is -3.85. The molecule has 0 bridgehead atoms. The maximum Gasteiger partial charge on any atom is 0.241 e. The molecule has 8 heteroatoms. The summed E-state index contributed by atoms with van der Waals surface area (Å²) in [6.07, 6.45) is 0. The van der Waals surface area contributed by atoms with Crippen molar-refractivity contribution in [3.05, 3.63) is 22.9 Å². The van der Waals surface area contributed by atoms with Crippen molar-refractivity contribution in [2.24, 2.45) is 0 Å². The Balaban J connectivity index is 3.70. The lowest BCUT2D eigenvalue weighted by Crippen LogP contribution is -2.21. The molecule has 0 aliphatic rings. The summed E-state index contributed by atoms with van der Waals surface area (Å²) in [6, 6.07) is 3.53. The summed E-state index contributed by atoms with van der Waals surface area (Å²) >= 11 is 8.84. The maximum absolute atomic E-state index is 12.2. The third-order valence-electron chi connectivity index (χ3n) is 1.98. The van der Waals surface area contributed by atoms with Gasteiger partial charge in [-0.25, -0.2) is 13.4 Å². The number of halogens is 3. The van der Waals surface area contributed by atoms with Crippen molar-refractivity contribution < 1.29 is 8.42 Å². The number of pyridine rings is 1. The van der Waals surface area contributed by atoms with Crippen LogP contribution in [0, 0.1) is 25.2 Å². The molecule has 0 atom stereocenters. The van der Waals surface area contributed by atoms with Crippen LogP contribution in [-0.2, 0) is 9.84 Å². The Morgan fingerprint density at radius 1 is 1.35 bits per heavy atom. The minimum Gasteiger partial charge on any atom is -0.240 e. The van der Waals surface area contributed by atoms with E-state index in [1.807, 2.05) is 6.07 Å². The van der Waals surface area contributed by atoms with Crippen molar-refractivity contribution in [1.29, 1.82) is 5.26 Å². The van der Waals surface area contributed by atoms with Crippen LogP contribution < -0.4 is 0 Å². The number of hydrogen-bond acceptors (Lipinski definition) is 4. The molecule has 1 rings (SSSR count). The van der Waals surface area contributed by atoms with Gasteiger partial charge in [0, 0.05) is 5.69 Å². The van der Waals surface area contributed by atoms with Crippen LogP contribution in [0.2, 0.25) is 0 Å². The Bertz CT molecular complexity index is 600. The first-order chi connectivity index (χ1) is 7.61. The van der Waals surface area contributed by atoms with Crippen molar-refractivity contribution in [2.45, 2.75) is 20.3 Å². The Hall–Kier alpha value is 0.0300. The summed E-state index contributed by atoms with van der Waals surface area (Å²) in [4.78, 5) is 3.94. The molecule has 0 N–H and O–H groups in total. The normalized spacial score (nSPS) is 12.2. The molecule has 0 fully saturated rings. The summed E-state index contributed by atoms with van der Waals surface area (Å²) in [6.45, 7) is 3.34. The number of alkyl halides is 3. The van der Waals surface area contributed by atoms with Crippen molar-refractivity contribution in [3.63, 3.8) is 0 Å². The summed E-state index contributed by atoms with van der Waals surface area (Å²) in [5.41, 5.74) is 1.17. The van der Waals surface area contributed by atoms with E-state index in [-0.39, 0.29) is 10.6 Å². The van der Waals surface area contributed by atoms with Crippen LogP contribution in [0.1, 0.15) is 16.8 Å². The average molecular weight is 447 g/mol. The second kappa shape index (κ2) is 4.96. The van der Waals surface area contributed by atoms with E-state index in [2.05, 4.69) is 52.8 Å². The van der Waals surface area contributed by atoms with Crippen molar-refractivity contribution in [3.8, 4) is 6.07 Å². The predicted molar refractivity (Wildman–Crippen MR) is 75.1 cm³/mol. The molecular formula is C9H7Br3N2O2S. The van der Waals surface area contributed by atoms with Crippen LogP contribution in [0.25, 0.3) is 0 Å². The standard InChI is InChI=1S/C9H7Br3N2O2S/c1-5-3-6(2)14-8(7(5)4-13)17(15,16)9(10,11)12/h3H,1-2H3. The average Bonchev–Trinajstić information content (AvgIpc) is 2.14. The van der Waals surface area contributed by atoms with Crippen molar-refractivity contribution in [1.82, 2.24) is 4.98 Å². The molecule has 1 aromatic heterocycles. The highest BCUT2D eigenvalue weighted by Crippen LogP contribution is 2.43. The Labute approximate surface area is 125 Å². The minimum absolute atomic E-state index is 0.0540. The van der Waals surface area contributed by atoms with Crippen LogP contribution in [-0.4, -0.2) is 14.9 Å². The molecular weight excluding hydrogens is 440 g/mol. The molecule has 0 radical (unpaired) electrons. The molecule has 17 heavy (non-hydrogen) atoms. The lowest BCUT2D eigenvalue weighted by atomic mass is 10.1. The maximum atomic E-state index is 12.2. The predicted octanol–water partition coefficient (Wildman–Crippen LogP) is 3.14. The van der Waals surface area contributed by atoms with Gasteiger partial charge in [-0.2, -0.15) is 5.26 Å². The number of nitriles is 1. The van der Waals surface area contributed by atoms with Crippen molar-refractivity contribution in [2.75, 3.05) is 0 Å². The van der Waals surface area contributed by atoms with E-state index in [0.29, 0.717) is 11.3 Å². The topological polar surface area (TPSA) is 70.8 Å². The fraction of sp³-hybridized carbons (Fsp3) is 0.333. The molecule has 0 unspecified atom stereocenters. The van der Waals surface area contributed by atoms with E-state index in [9.17, 15) is 8.42 Å². The molecule has 1 aromatic rings. The van der Waals surface area contributed by atoms with Gasteiger partial charge in [0.15, 0.2) is 5.03 Å². The molecule has 1 heterocycles. The van der Waals surface area contributed by atoms with Gasteiger partial charge in [-0.15, -0.1) is 0 Å². The van der Waals surface area contributed by atoms with Gasteiger partial charge in [0.05, 0.1) is 5.56 Å².